The molecule has 3 rings (SSSR count). The molecule has 1 aromatic rings. The lowest BCUT2D eigenvalue weighted by Gasteiger charge is -2.32. The topological polar surface area (TPSA) is 105 Å². The predicted molar refractivity (Wildman–Crippen MR) is 120 cm³/mol. The van der Waals surface area contributed by atoms with Gasteiger partial charge in [-0.05, 0) is 63.6 Å². The summed E-state index contributed by atoms with van der Waals surface area (Å²) in [6, 6.07) is 7.63. The van der Waals surface area contributed by atoms with Crippen LogP contribution in [0.25, 0.3) is 0 Å². The molecule has 174 valence electrons. The van der Waals surface area contributed by atoms with Crippen molar-refractivity contribution < 1.29 is 23.9 Å². The summed E-state index contributed by atoms with van der Waals surface area (Å²) < 4.78 is 5.27. The fourth-order valence-corrected chi connectivity index (χ4v) is 4.11. The molecule has 2 fully saturated rings. The van der Waals surface area contributed by atoms with E-state index in [4.69, 9.17) is 4.74 Å². The lowest BCUT2D eigenvalue weighted by Crippen LogP contribution is -2.47. The van der Waals surface area contributed by atoms with Gasteiger partial charge < -0.3 is 15.0 Å². The summed E-state index contributed by atoms with van der Waals surface area (Å²) in [6.07, 6.45) is 2.87. The van der Waals surface area contributed by atoms with Gasteiger partial charge in [0.25, 0.3) is 0 Å². The van der Waals surface area contributed by atoms with Crippen molar-refractivity contribution in [2.75, 3.05) is 18.4 Å². The Hall–Kier alpha value is -2.90. The zero-order valence-electron chi connectivity index (χ0n) is 19.1. The third-order valence-electron chi connectivity index (χ3n) is 5.77. The number of anilines is 1. The first kappa shape index (κ1) is 23.8. The minimum Gasteiger partial charge on any atom is -0.460 e. The van der Waals surface area contributed by atoms with Gasteiger partial charge in [-0.15, -0.1) is 0 Å². The van der Waals surface area contributed by atoms with Crippen LogP contribution in [0.1, 0.15) is 70.8 Å². The van der Waals surface area contributed by atoms with Crippen molar-refractivity contribution in [3.8, 4) is 0 Å². The van der Waals surface area contributed by atoms with Gasteiger partial charge >= 0.3 is 5.97 Å². The highest BCUT2D eigenvalue weighted by Gasteiger charge is 2.27. The zero-order valence-corrected chi connectivity index (χ0v) is 19.1. The Morgan fingerprint density at radius 2 is 1.72 bits per heavy atom. The third kappa shape index (κ3) is 6.80. The second kappa shape index (κ2) is 10.1. The molecule has 0 bridgehead atoms. The highest BCUT2D eigenvalue weighted by molar-refractivity contribution is 6.01. The molecule has 2 heterocycles. The second-order valence-corrected chi connectivity index (χ2v) is 9.51. The fourth-order valence-electron chi connectivity index (χ4n) is 4.11. The third-order valence-corrected chi connectivity index (χ3v) is 5.77. The van der Waals surface area contributed by atoms with Crippen molar-refractivity contribution in [1.29, 1.82) is 0 Å². The number of likely N-dealkylation sites (tertiary alicyclic amines) is 1. The zero-order chi connectivity index (χ0) is 23.3. The van der Waals surface area contributed by atoms with Crippen LogP contribution in [0, 0.1) is 0 Å². The van der Waals surface area contributed by atoms with E-state index in [0.29, 0.717) is 31.8 Å². The number of benzene rings is 1. The highest BCUT2D eigenvalue weighted by Crippen LogP contribution is 2.29. The minimum atomic E-state index is -0.536. The fraction of sp³-hybridized carbons (Fsp3) is 0.583. The maximum absolute atomic E-state index is 12.4. The molecule has 0 radical (unpaired) electrons. The lowest BCUT2D eigenvalue weighted by atomic mass is 9.89. The standard InChI is InChI=1S/C24H33N3O5/c1-24(2,3)32-22(30)11-10-21(29)27-14-12-17(13-15-27)16-4-6-18(7-5-16)25-19-8-9-20(28)26-23(19)31/h4-7,17,19,25H,8-15H2,1-3H3,(H,26,28,31). The number of esters is 1. The van der Waals surface area contributed by atoms with Crippen molar-refractivity contribution >= 4 is 29.4 Å². The van der Waals surface area contributed by atoms with Gasteiger partial charge in [-0.2, -0.15) is 0 Å². The van der Waals surface area contributed by atoms with Crippen molar-refractivity contribution in [1.82, 2.24) is 10.2 Å². The van der Waals surface area contributed by atoms with E-state index in [-0.39, 0.29) is 36.5 Å². The Labute approximate surface area is 189 Å². The Balaban J connectivity index is 1.44. The number of carbonyl (C=O) groups excluding carboxylic acids is 4. The van der Waals surface area contributed by atoms with E-state index in [9.17, 15) is 19.2 Å². The van der Waals surface area contributed by atoms with Gasteiger partial charge in [0.1, 0.15) is 11.6 Å². The summed E-state index contributed by atoms with van der Waals surface area (Å²) in [4.78, 5) is 49.3. The van der Waals surface area contributed by atoms with Crippen molar-refractivity contribution in [3.05, 3.63) is 29.8 Å². The van der Waals surface area contributed by atoms with Gasteiger partial charge in [0.05, 0.1) is 6.42 Å². The van der Waals surface area contributed by atoms with E-state index in [2.05, 4.69) is 22.8 Å². The average Bonchev–Trinajstić information content (AvgIpc) is 2.73. The molecule has 3 amide bonds. The Morgan fingerprint density at radius 3 is 2.31 bits per heavy atom. The Bertz CT molecular complexity index is 851. The number of piperidine rings is 2. The quantitative estimate of drug-likeness (QED) is 0.517. The van der Waals surface area contributed by atoms with Gasteiger partial charge in [0.2, 0.25) is 17.7 Å². The number of hydrogen-bond acceptors (Lipinski definition) is 6. The van der Waals surface area contributed by atoms with Crippen LogP contribution in [0.3, 0.4) is 0 Å². The van der Waals surface area contributed by atoms with Crippen molar-refractivity contribution in [2.45, 2.75) is 76.9 Å². The summed E-state index contributed by atoms with van der Waals surface area (Å²) in [7, 11) is 0. The van der Waals surface area contributed by atoms with E-state index < -0.39 is 11.6 Å². The van der Waals surface area contributed by atoms with Crippen LogP contribution in [0.5, 0.6) is 0 Å². The molecular weight excluding hydrogens is 410 g/mol. The van der Waals surface area contributed by atoms with Gasteiger partial charge in [-0.3, -0.25) is 24.5 Å². The average molecular weight is 444 g/mol. The van der Waals surface area contributed by atoms with E-state index in [1.807, 2.05) is 37.8 Å². The van der Waals surface area contributed by atoms with Gasteiger partial charge in [0.15, 0.2) is 0 Å². The molecule has 0 saturated carbocycles. The largest absolute Gasteiger partial charge is 0.460 e. The molecule has 8 heteroatoms. The van der Waals surface area contributed by atoms with Crippen LogP contribution < -0.4 is 10.6 Å². The van der Waals surface area contributed by atoms with E-state index in [1.54, 1.807) is 0 Å². The number of amides is 3. The second-order valence-electron chi connectivity index (χ2n) is 9.51. The van der Waals surface area contributed by atoms with Gasteiger partial charge in [-0.25, -0.2) is 0 Å². The maximum atomic E-state index is 12.4. The molecule has 1 unspecified atom stereocenters. The van der Waals surface area contributed by atoms with Crippen LogP contribution in [0.2, 0.25) is 0 Å². The molecular formula is C24H33N3O5. The minimum absolute atomic E-state index is 0.00176. The summed E-state index contributed by atoms with van der Waals surface area (Å²) in [5.74, 6) is -0.480. The predicted octanol–water partition coefficient (Wildman–Crippen LogP) is 2.73. The van der Waals surface area contributed by atoms with Crippen LogP contribution in [-0.4, -0.2) is 53.3 Å². The molecule has 2 N–H and O–H groups in total. The molecule has 0 spiro atoms. The van der Waals surface area contributed by atoms with Crippen molar-refractivity contribution in [3.63, 3.8) is 0 Å². The lowest BCUT2D eigenvalue weighted by molar-refractivity contribution is -0.156. The molecule has 1 atom stereocenters. The van der Waals surface area contributed by atoms with Crippen LogP contribution in [0.4, 0.5) is 5.69 Å². The molecule has 2 aliphatic rings. The molecule has 8 nitrogen and oxygen atoms in total. The number of imide groups is 1. The van der Waals surface area contributed by atoms with Crippen LogP contribution in [-0.2, 0) is 23.9 Å². The SMILES string of the molecule is CC(C)(C)OC(=O)CCC(=O)N1CCC(c2ccc(NC3CCC(=O)NC3=O)cc2)CC1. The summed E-state index contributed by atoms with van der Waals surface area (Å²) in [6.45, 7) is 6.79. The van der Waals surface area contributed by atoms with Gasteiger partial charge in [0, 0.05) is 31.6 Å². The Kier molecular flexibility index (Phi) is 7.53. The maximum Gasteiger partial charge on any atom is 0.306 e. The van der Waals surface area contributed by atoms with E-state index in [1.165, 1.54) is 5.56 Å². The number of hydrogen-bond donors (Lipinski definition) is 2. The number of carbonyl (C=O) groups is 4. The smallest absolute Gasteiger partial charge is 0.306 e. The first-order chi connectivity index (χ1) is 15.1. The van der Waals surface area contributed by atoms with Crippen LogP contribution in [0.15, 0.2) is 24.3 Å². The van der Waals surface area contributed by atoms with E-state index >= 15 is 0 Å². The summed E-state index contributed by atoms with van der Waals surface area (Å²) >= 11 is 0. The first-order valence-corrected chi connectivity index (χ1v) is 11.3. The van der Waals surface area contributed by atoms with Crippen molar-refractivity contribution in [2.24, 2.45) is 0 Å². The van der Waals surface area contributed by atoms with E-state index in [0.717, 1.165) is 18.5 Å². The normalized spacial score (nSPS) is 20.0. The number of ether oxygens (including phenoxy) is 1. The number of nitrogens with one attached hydrogen (secondary N) is 2. The molecule has 2 aliphatic heterocycles. The molecule has 0 aromatic heterocycles. The summed E-state index contributed by atoms with van der Waals surface area (Å²) in [5.41, 5.74) is 1.52. The van der Waals surface area contributed by atoms with Crippen LogP contribution >= 0.6 is 0 Å². The molecule has 0 aliphatic carbocycles. The summed E-state index contributed by atoms with van der Waals surface area (Å²) in [5, 5.41) is 5.54. The monoisotopic (exact) mass is 443 g/mol. The first-order valence-electron chi connectivity index (χ1n) is 11.3. The highest BCUT2D eigenvalue weighted by atomic mass is 16.6. The molecule has 1 aromatic carbocycles. The number of rotatable bonds is 6. The molecule has 32 heavy (non-hydrogen) atoms. The number of nitrogens with zero attached hydrogens (tertiary/aromatic N) is 1. The molecule has 2 saturated heterocycles. The van der Waals surface area contributed by atoms with Gasteiger partial charge in [-0.1, -0.05) is 12.1 Å². The Morgan fingerprint density at radius 1 is 1.06 bits per heavy atom.